The number of nitrogens with zero attached hydrogens (tertiary/aromatic N) is 2. The number of rotatable bonds is 4. The van der Waals surface area contributed by atoms with Crippen molar-refractivity contribution in [2.45, 2.75) is 32.3 Å². The first-order valence-corrected chi connectivity index (χ1v) is 9.32. The lowest BCUT2D eigenvalue weighted by Gasteiger charge is -2.09. The second kappa shape index (κ2) is 6.69. The molecule has 7 nitrogen and oxygen atoms in total. The smallest absolute Gasteiger partial charge is 0.271 e. The first-order valence-electron chi connectivity index (χ1n) is 8.13. The SMILES string of the molecule is O=c1[nH]c(COc2ccc([N+](=O)[O-])cc2Cl)nc2sc3c(c12)CCCC3. The number of fused-ring (bicyclic) bond motifs is 3. The van der Waals surface area contributed by atoms with E-state index in [1.807, 2.05) is 0 Å². The molecule has 4 rings (SSSR count). The number of H-pyrrole nitrogens is 1. The van der Waals surface area contributed by atoms with E-state index < -0.39 is 4.92 Å². The fourth-order valence-electron chi connectivity index (χ4n) is 3.14. The molecule has 1 aliphatic rings. The molecule has 3 aromatic rings. The first kappa shape index (κ1) is 17.0. The maximum absolute atomic E-state index is 12.5. The molecule has 0 unspecified atom stereocenters. The van der Waals surface area contributed by atoms with E-state index in [4.69, 9.17) is 16.3 Å². The van der Waals surface area contributed by atoms with Crippen LogP contribution >= 0.6 is 22.9 Å². The highest BCUT2D eigenvalue weighted by atomic mass is 35.5. The standard InChI is InChI=1S/C17H14ClN3O4S/c18-11-7-9(21(23)24)5-6-12(11)25-8-14-19-16(22)15-10-3-1-2-4-13(10)26-17(15)20-14/h5-7H,1-4,8H2,(H,19,20,22). The molecule has 0 radical (unpaired) electrons. The Bertz CT molecular complexity index is 1080. The normalized spacial score (nSPS) is 13.6. The van der Waals surface area contributed by atoms with Gasteiger partial charge in [0, 0.05) is 17.0 Å². The molecule has 134 valence electrons. The number of thiophene rings is 1. The summed E-state index contributed by atoms with van der Waals surface area (Å²) in [4.78, 5) is 32.0. The van der Waals surface area contributed by atoms with Crippen molar-refractivity contribution >= 4 is 38.8 Å². The summed E-state index contributed by atoms with van der Waals surface area (Å²) in [5, 5.41) is 11.6. The predicted octanol–water partition coefficient (Wildman–Crippen LogP) is 4.00. The largest absolute Gasteiger partial charge is 0.484 e. The summed E-state index contributed by atoms with van der Waals surface area (Å²) >= 11 is 7.59. The minimum atomic E-state index is -0.527. The van der Waals surface area contributed by atoms with Gasteiger partial charge in [-0.05, 0) is 37.3 Å². The average molecular weight is 392 g/mol. The van der Waals surface area contributed by atoms with Crippen molar-refractivity contribution in [3.05, 3.63) is 60.0 Å². The van der Waals surface area contributed by atoms with Crippen molar-refractivity contribution in [3.8, 4) is 5.75 Å². The minimum absolute atomic E-state index is 0.0191. The summed E-state index contributed by atoms with van der Waals surface area (Å²) < 4.78 is 5.58. The number of halogens is 1. The molecule has 0 saturated heterocycles. The number of benzene rings is 1. The maximum Gasteiger partial charge on any atom is 0.271 e. The molecular formula is C17H14ClN3O4S. The van der Waals surface area contributed by atoms with E-state index in [0.717, 1.165) is 36.1 Å². The molecule has 1 aromatic carbocycles. The molecule has 2 heterocycles. The zero-order chi connectivity index (χ0) is 18.3. The van der Waals surface area contributed by atoms with Gasteiger partial charge in [-0.25, -0.2) is 4.98 Å². The van der Waals surface area contributed by atoms with Crippen LogP contribution in [0.4, 0.5) is 5.69 Å². The summed E-state index contributed by atoms with van der Waals surface area (Å²) in [5.74, 6) is 0.695. The number of ether oxygens (including phenoxy) is 1. The molecule has 0 bridgehead atoms. The quantitative estimate of drug-likeness (QED) is 0.535. The van der Waals surface area contributed by atoms with Crippen LogP contribution in [-0.2, 0) is 19.4 Å². The van der Waals surface area contributed by atoms with Gasteiger partial charge < -0.3 is 9.72 Å². The lowest BCUT2D eigenvalue weighted by Crippen LogP contribution is -2.14. The number of hydrogen-bond acceptors (Lipinski definition) is 6. The lowest BCUT2D eigenvalue weighted by molar-refractivity contribution is -0.384. The van der Waals surface area contributed by atoms with E-state index in [-0.39, 0.29) is 22.9 Å². The van der Waals surface area contributed by atoms with Gasteiger partial charge in [0.05, 0.1) is 15.3 Å². The topological polar surface area (TPSA) is 98.1 Å². The van der Waals surface area contributed by atoms with Crippen LogP contribution in [0, 0.1) is 10.1 Å². The highest BCUT2D eigenvalue weighted by molar-refractivity contribution is 7.18. The average Bonchev–Trinajstić information content (AvgIpc) is 2.99. The zero-order valence-electron chi connectivity index (χ0n) is 13.6. The van der Waals surface area contributed by atoms with Crippen molar-refractivity contribution in [2.75, 3.05) is 0 Å². The van der Waals surface area contributed by atoms with Crippen LogP contribution < -0.4 is 10.3 Å². The molecule has 0 amide bonds. The predicted molar refractivity (Wildman–Crippen MR) is 99.3 cm³/mol. The van der Waals surface area contributed by atoms with Gasteiger partial charge in [-0.2, -0.15) is 0 Å². The Balaban J connectivity index is 1.60. The van der Waals surface area contributed by atoms with E-state index in [2.05, 4.69) is 9.97 Å². The molecule has 0 spiro atoms. The number of nitrogens with one attached hydrogen (secondary N) is 1. The Morgan fingerprint density at radius 2 is 2.15 bits per heavy atom. The Morgan fingerprint density at radius 1 is 1.35 bits per heavy atom. The summed E-state index contributed by atoms with van der Waals surface area (Å²) in [7, 11) is 0. The molecule has 2 aromatic heterocycles. The van der Waals surface area contributed by atoms with Gasteiger partial charge in [0.25, 0.3) is 11.2 Å². The molecule has 0 atom stereocenters. The maximum atomic E-state index is 12.5. The lowest BCUT2D eigenvalue weighted by atomic mass is 9.97. The summed E-state index contributed by atoms with van der Waals surface area (Å²) in [5.41, 5.74) is 0.873. The Hall–Kier alpha value is -2.45. The molecule has 0 saturated carbocycles. The molecular weight excluding hydrogens is 378 g/mol. The number of nitro groups is 1. The molecule has 1 aliphatic carbocycles. The van der Waals surface area contributed by atoms with E-state index in [9.17, 15) is 14.9 Å². The van der Waals surface area contributed by atoms with Gasteiger partial charge in [-0.1, -0.05) is 11.6 Å². The van der Waals surface area contributed by atoms with Gasteiger partial charge in [0.2, 0.25) is 0 Å². The highest BCUT2D eigenvalue weighted by Crippen LogP contribution is 2.34. The van der Waals surface area contributed by atoms with Gasteiger partial charge in [-0.3, -0.25) is 14.9 Å². The Morgan fingerprint density at radius 3 is 2.92 bits per heavy atom. The Kier molecular flexibility index (Phi) is 4.37. The van der Waals surface area contributed by atoms with Gasteiger partial charge in [0.15, 0.2) is 0 Å². The van der Waals surface area contributed by atoms with E-state index in [1.54, 1.807) is 11.3 Å². The number of aromatic amines is 1. The monoisotopic (exact) mass is 391 g/mol. The van der Waals surface area contributed by atoms with E-state index in [1.165, 1.54) is 23.1 Å². The van der Waals surface area contributed by atoms with Gasteiger partial charge >= 0.3 is 0 Å². The van der Waals surface area contributed by atoms with Crippen LogP contribution in [0.25, 0.3) is 10.2 Å². The van der Waals surface area contributed by atoms with Crippen LogP contribution in [-0.4, -0.2) is 14.9 Å². The number of aryl methyl sites for hydroxylation is 2. The molecule has 26 heavy (non-hydrogen) atoms. The molecule has 0 aliphatic heterocycles. The van der Waals surface area contributed by atoms with Crippen molar-refractivity contribution in [1.29, 1.82) is 0 Å². The van der Waals surface area contributed by atoms with Crippen LogP contribution in [0.2, 0.25) is 5.02 Å². The van der Waals surface area contributed by atoms with Crippen molar-refractivity contribution in [3.63, 3.8) is 0 Å². The van der Waals surface area contributed by atoms with Crippen molar-refractivity contribution in [2.24, 2.45) is 0 Å². The molecule has 9 heteroatoms. The second-order valence-corrected chi connectivity index (χ2v) is 7.56. The number of hydrogen-bond donors (Lipinski definition) is 1. The Labute approximate surface area is 156 Å². The number of aromatic nitrogens is 2. The van der Waals surface area contributed by atoms with Gasteiger partial charge in [-0.15, -0.1) is 11.3 Å². The van der Waals surface area contributed by atoms with E-state index >= 15 is 0 Å². The van der Waals surface area contributed by atoms with Crippen LogP contribution in [0.15, 0.2) is 23.0 Å². The minimum Gasteiger partial charge on any atom is -0.484 e. The summed E-state index contributed by atoms with van der Waals surface area (Å²) in [6.07, 6.45) is 4.17. The molecule has 0 fully saturated rings. The zero-order valence-corrected chi connectivity index (χ0v) is 15.2. The highest BCUT2D eigenvalue weighted by Gasteiger charge is 2.20. The van der Waals surface area contributed by atoms with E-state index in [0.29, 0.717) is 17.0 Å². The first-order chi connectivity index (χ1) is 12.5. The van der Waals surface area contributed by atoms with Gasteiger partial charge in [0.1, 0.15) is 23.0 Å². The third-order valence-electron chi connectivity index (χ3n) is 4.36. The summed E-state index contributed by atoms with van der Waals surface area (Å²) in [6.45, 7) is 0.0191. The summed E-state index contributed by atoms with van der Waals surface area (Å²) in [6, 6.07) is 3.97. The number of non-ortho nitro benzene ring substituents is 1. The van der Waals surface area contributed by atoms with Crippen molar-refractivity contribution < 1.29 is 9.66 Å². The fraction of sp³-hybridized carbons (Fsp3) is 0.294. The number of nitro benzene ring substituents is 1. The van der Waals surface area contributed by atoms with Crippen LogP contribution in [0.3, 0.4) is 0 Å². The fourth-order valence-corrected chi connectivity index (χ4v) is 4.65. The second-order valence-electron chi connectivity index (χ2n) is 6.06. The third kappa shape index (κ3) is 3.06. The third-order valence-corrected chi connectivity index (χ3v) is 5.85. The van der Waals surface area contributed by atoms with Crippen LogP contribution in [0.5, 0.6) is 5.75 Å². The molecule has 1 N–H and O–H groups in total. The van der Waals surface area contributed by atoms with Crippen molar-refractivity contribution in [1.82, 2.24) is 9.97 Å². The van der Waals surface area contributed by atoms with Crippen LogP contribution in [0.1, 0.15) is 29.1 Å².